The third-order valence-electron chi connectivity index (χ3n) is 2.06. The molecule has 4 N–H and O–H groups in total. The van der Waals surface area contributed by atoms with E-state index in [-0.39, 0.29) is 12.0 Å². The number of hydrogen-bond acceptors (Lipinski definition) is 5. The lowest BCUT2D eigenvalue weighted by Gasteiger charge is -2.18. The van der Waals surface area contributed by atoms with Gasteiger partial charge in [-0.05, 0) is 18.2 Å². The average Bonchev–Trinajstić information content (AvgIpc) is 2.27. The van der Waals surface area contributed by atoms with E-state index in [1.807, 2.05) is 0 Å². The lowest BCUT2D eigenvalue weighted by molar-refractivity contribution is -0.127. The summed E-state index contributed by atoms with van der Waals surface area (Å²) in [4.78, 5) is 21.4. The molecule has 1 aliphatic rings. The van der Waals surface area contributed by atoms with Crippen molar-refractivity contribution in [2.24, 2.45) is 0 Å². The number of nitrogens with one attached hydrogen (secondary N) is 2. The summed E-state index contributed by atoms with van der Waals surface area (Å²) in [6.07, 6.45) is 1.72. The summed E-state index contributed by atoms with van der Waals surface area (Å²) in [5, 5.41) is 5.72. The van der Waals surface area contributed by atoms with Gasteiger partial charge in [-0.25, -0.2) is 0 Å². The second-order valence-electron chi connectivity index (χ2n) is 3.11. The Morgan fingerprint density at radius 1 is 1.33 bits per heavy atom. The van der Waals surface area contributed by atoms with Crippen molar-refractivity contribution < 1.29 is 9.59 Å². The number of ketones is 1. The molecule has 0 saturated heterocycles. The smallest absolute Gasteiger partial charge is 0.242 e. The van der Waals surface area contributed by atoms with Crippen molar-refractivity contribution in [1.29, 1.82) is 0 Å². The zero-order chi connectivity index (χ0) is 10.8. The molecular formula is C10H9N3O2. The van der Waals surface area contributed by atoms with Crippen LogP contribution in [0.15, 0.2) is 30.1 Å². The summed E-state index contributed by atoms with van der Waals surface area (Å²) in [6, 6.07) is 5.22. The van der Waals surface area contributed by atoms with Crippen LogP contribution in [0.5, 0.6) is 0 Å². The van der Waals surface area contributed by atoms with Crippen molar-refractivity contribution in [1.82, 2.24) is 0 Å². The van der Waals surface area contributed by atoms with Gasteiger partial charge in [0.15, 0.2) is 6.29 Å². The van der Waals surface area contributed by atoms with Gasteiger partial charge >= 0.3 is 0 Å². The largest absolute Gasteiger partial charge is 0.399 e. The Bertz CT molecular complexity index is 466. The van der Waals surface area contributed by atoms with Gasteiger partial charge in [0.2, 0.25) is 5.78 Å². The van der Waals surface area contributed by atoms with Gasteiger partial charge in [0, 0.05) is 11.9 Å². The van der Waals surface area contributed by atoms with Crippen molar-refractivity contribution in [2.45, 2.75) is 0 Å². The molecule has 15 heavy (non-hydrogen) atoms. The van der Waals surface area contributed by atoms with Crippen LogP contribution in [0.4, 0.5) is 17.1 Å². The SMILES string of the molecule is Nc1ccc2c(c1)NC(C(=O)C=O)=CN2. The van der Waals surface area contributed by atoms with Crippen LogP contribution < -0.4 is 16.4 Å². The first-order chi connectivity index (χ1) is 7.20. The van der Waals surface area contributed by atoms with Gasteiger partial charge in [-0.15, -0.1) is 0 Å². The molecule has 5 heteroatoms. The summed E-state index contributed by atoms with van der Waals surface area (Å²) in [6.45, 7) is 0. The third kappa shape index (κ3) is 1.67. The normalized spacial score (nSPS) is 12.9. The number of carbonyl (C=O) groups excluding carboxylic acids is 2. The molecular weight excluding hydrogens is 194 g/mol. The van der Waals surface area contributed by atoms with Crippen LogP contribution >= 0.6 is 0 Å². The van der Waals surface area contributed by atoms with E-state index in [1.165, 1.54) is 6.20 Å². The van der Waals surface area contributed by atoms with Crippen LogP contribution in [0.1, 0.15) is 0 Å². The number of nitrogens with two attached hydrogens (primary N) is 1. The highest BCUT2D eigenvalue weighted by Crippen LogP contribution is 2.28. The van der Waals surface area contributed by atoms with Crippen molar-refractivity contribution in [2.75, 3.05) is 16.4 Å². The maximum Gasteiger partial charge on any atom is 0.242 e. The average molecular weight is 203 g/mol. The molecule has 0 radical (unpaired) electrons. The monoisotopic (exact) mass is 203 g/mol. The number of nitrogen functional groups attached to an aromatic ring is 1. The summed E-state index contributed by atoms with van der Waals surface area (Å²) in [7, 11) is 0. The van der Waals surface area contributed by atoms with Crippen LogP contribution in [0, 0.1) is 0 Å². The zero-order valence-electron chi connectivity index (χ0n) is 7.78. The molecule has 76 valence electrons. The van der Waals surface area contributed by atoms with Crippen LogP contribution in [-0.2, 0) is 9.59 Å². The Labute approximate surface area is 86.0 Å². The summed E-state index contributed by atoms with van der Waals surface area (Å²) < 4.78 is 0. The number of aldehydes is 1. The van der Waals surface area contributed by atoms with E-state index in [1.54, 1.807) is 18.2 Å². The number of benzene rings is 1. The van der Waals surface area contributed by atoms with Gasteiger partial charge in [-0.3, -0.25) is 9.59 Å². The van der Waals surface area contributed by atoms with E-state index in [2.05, 4.69) is 10.6 Å². The van der Waals surface area contributed by atoms with Gasteiger partial charge in [0.25, 0.3) is 0 Å². The van der Waals surface area contributed by atoms with Crippen molar-refractivity contribution in [3.05, 3.63) is 30.1 Å². The number of carbonyl (C=O) groups is 2. The molecule has 1 heterocycles. The summed E-state index contributed by atoms with van der Waals surface area (Å²) >= 11 is 0. The maximum atomic E-state index is 11.1. The predicted octanol–water partition coefficient (Wildman–Crippen LogP) is 0.716. The summed E-state index contributed by atoms with van der Waals surface area (Å²) in [5.74, 6) is -0.601. The molecule has 0 saturated carbocycles. The first-order valence-corrected chi connectivity index (χ1v) is 4.33. The number of anilines is 3. The van der Waals surface area contributed by atoms with Gasteiger partial charge in [0.05, 0.1) is 11.4 Å². The Kier molecular flexibility index (Phi) is 2.13. The third-order valence-corrected chi connectivity index (χ3v) is 2.06. The van der Waals surface area contributed by atoms with E-state index >= 15 is 0 Å². The standard InChI is InChI=1S/C10H9N3O2/c11-6-1-2-7-8(3-6)13-9(4-12-7)10(15)5-14/h1-5,12-13H,11H2. The maximum absolute atomic E-state index is 11.1. The molecule has 0 aliphatic carbocycles. The predicted molar refractivity (Wildman–Crippen MR) is 57.3 cm³/mol. The molecule has 1 aliphatic heterocycles. The van der Waals surface area contributed by atoms with E-state index in [9.17, 15) is 9.59 Å². The first-order valence-electron chi connectivity index (χ1n) is 4.33. The van der Waals surface area contributed by atoms with Crippen LogP contribution in [0.2, 0.25) is 0 Å². The number of Topliss-reactive ketones (excluding diaryl/α,β-unsaturated/α-hetero) is 1. The lowest BCUT2D eigenvalue weighted by atomic mass is 10.2. The Hall–Kier alpha value is -2.30. The Morgan fingerprint density at radius 3 is 2.87 bits per heavy atom. The minimum absolute atomic E-state index is 0.211. The fourth-order valence-corrected chi connectivity index (χ4v) is 1.32. The molecule has 1 aromatic carbocycles. The van der Waals surface area contributed by atoms with Gasteiger partial charge in [-0.2, -0.15) is 0 Å². The second-order valence-corrected chi connectivity index (χ2v) is 3.11. The van der Waals surface area contributed by atoms with Crippen molar-refractivity contribution in [3.63, 3.8) is 0 Å². The van der Waals surface area contributed by atoms with E-state index in [0.29, 0.717) is 11.4 Å². The molecule has 0 unspecified atom stereocenters. The molecule has 0 fully saturated rings. The van der Waals surface area contributed by atoms with E-state index in [4.69, 9.17) is 5.73 Å². The second kappa shape index (κ2) is 3.45. The molecule has 0 amide bonds. The minimum Gasteiger partial charge on any atom is -0.399 e. The van der Waals surface area contributed by atoms with Gasteiger partial charge in [0.1, 0.15) is 5.70 Å². The first kappa shape index (κ1) is 9.26. The summed E-state index contributed by atoms with van der Waals surface area (Å²) in [5.41, 5.74) is 7.89. The van der Waals surface area contributed by atoms with E-state index < -0.39 is 5.78 Å². The fraction of sp³-hybridized carbons (Fsp3) is 0. The van der Waals surface area contributed by atoms with E-state index in [0.717, 1.165) is 5.69 Å². The molecule has 0 atom stereocenters. The van der Waals surface area contributed by atoms with Crippen molar-refractivity contribution in [3.8, 4) is 0 Å². The molecule has 0 aromatic heterocycles. The molecule has 5 nitrogen and oxygen atoms in total. The Balaban J connectivity index is 2.32. The highest BCUT2D eigenvalue weighted by molar-refractivity contribution is 6.34. The highest BCUT2D eigenvalue weighted by atomic mass is 16.2. The molecule has 0 bridgehead atoms. The highest BCUT2D eigenvalue weighted by Gasteiger charge is 2.14. The minimum atomic E-state index is -0.601. The number of allylic oxidation sites excluding steroid dienone is 1. The van der Waals surface area contributed by atoms with Crippen LogP contribution in [-0.4, -0.2) is 12.1 Å². The topological polar surface area (TPSA) is 84.2 Å². The zero-order valence-corrected chi connectivity index (χ0v) is 7.78. The number of hydrogen-bond donors (Lipinski definition) is 3. The van der Waals surface area contributed by atoms with Gasteiger partial charge < -0.3 is 16.4 Å². The molecule has 2 rings (SSSR count). The van der Waals surface area contributed by atoms with Crippen LogP contribution in [0.25, 0.3) is 0 Å². The quantitative estimate of drug-likeness (QED) is 0.374. The lowest BCUT2D eigenvalue weighted by Crippen LogP contribution is -2.18. The molecule has 1 aromatic rings. The number of rotatable bonds is 2. The fourth-order valence-electron chi connectivity index (χ4n) is 1.32. The van der Waals surface area contributed by atoms with Crippen molar-refractivity contribution >= 4 is 29.1 Å². The number of fused-ring (bicyclic) bond motifs is 1. The van der Waals surface area contributed by atoms with Gasteiger partial charge in [-0.1, -0.05) is 0 Å². The molecule has 0 spiro atoms. The Morgan fingerprint density at radius 2 is 2.13 bits per heavy atom. The van der Waals surface area contributed by atoms with Crippen LogP contribution in [0.3, 0.4) is 0 Å².